The minimum atomic E-state index is -0.707. The Bertz CT molecular complexity index is 407. The van der Waals surface area contributed by atoms with Gasteiger partial charge in [-0.1, -0.05) is 38.8 Å². The lowest BCUT2D eigenvalue weighted by Gasteiger charge is -2.08. The van der Waals surface area contributed by atoms with Crippen LogP contribution in [0.15, 0.2) is 24.3 Å². The largest absolute Gasteiger partial charge is 0.380 e. The molecular weight excluding hydrogens is 276 g/mol. The van der Waals surface area contributed by atoms with E-state index in [2.05, 4.69) is 9.93 Å². The predicted molar refractivity (Wildman–Crippen MR) is 75.3 cm³/mol. The molecule has 6 heteroatoms. The third kappa shape index (κ3) is 7.08. The van der Waals surface area contributed by atoms with Crippen molar-refractivity contribution in [3.63, 3.8) is 0 Å². The average molecular weight is 298 g/mol. The fourth-order valence-electron chi connectivity index (χ4n) is 1.35. The Morgan fingerprint density at radius 3 is 2.38 bits per heavy atom. The van der Waals surface area contributed by atoms with Gasteiger partial charge >= 0.3 is 5.97 Å². The van der Waals surface area contributed by atoms with Gasteiger partial charge in [0.2, 0.25) is 0 Å². The molecule has 21 heavy (non-hydrogen) atoms. The number of carbonyl (C=O) groups is 1. The molecule has 1 rings (SSSR count). The van der Waals surface area contributed by atoms with Crippen LogP contribution in [-0.2, 0) is 19.7 Å². The number of rotatable bonds is 11. The molecule has 1 aromatic rings. The lowest BCUT2D eigenvalue weighted by molar-refractivity contribution is -0.481. The van der Waals surface area contributed by atoms with Gasteiger partial charge in [-0.15, -0.1) is 0 Å². The smallest absolute Gasteiger partial charge is 0.337 e. The number of carbonyl (C=O) groups excluding carboxylic acids is 1. The first-order valence-corrected chi connectivity index (χ1v) is 7.18. The zero-order valence-electron chi connectivity index (χ0n) is 12.5. The number of hydrogen-bond donors (Lipinski definition) is 0. The number of benzene rings is 1. The van der Waals surface area contributed by atoms with Gasteiger partial charge in [0.15, 0.2) is 5.75 Å². The van der Waals surface area contributed by atoms with Gasteiger partial charge in [0, 0.05) is 0 Å². The van der Waals surface area contributed by atoms with E-state index >= 15 is 0 Å². The summed E-state index contributed by atoms with van der Waals surface area (Å²) in [5.74, 6) is -0.433. The molecule has 0 atom stereocenters. The van der Waals surface area contributed by atoms with Crippen molar-refractivity contribution in [2.24, 2.45) is 0 Å². The van der Waals surface area contributed by atoms with Gasteiger partial charge in [-0.05, 0) is 30.0 Å². The van der Waals surface area contributed by atoms with Gasteiger partial charge in [-0.25, -0.2) is 4.79 Å². The quantitative estimate of drug-likeness (QED) is 0.353. The van der Waals surface area contributed by atoms with Crippen molar-refractivity contribution < 1.29 is 29.4 Å². The van der Waals surface area contributed by atoms with Gasteiger partial charge in [-0.3, -0.25) is 4.89 Å². The fourth-order valence-corrected chi connectivity index (χ4v) is 1.35. The summed E-state index contributed by atoms with van der Waals surface area (Å²) in [5.41, 5.74) is 0.202. The van der Waals surface area contributed by atoms with Crippen LogP contribution in [-0.4, -0.2) is 19.2 Å². The summed E-state index contributed by atoms with van der Waals surface area (Å²) in [7, 11) is 0. The van der Waals surface area contributed by atoms with E-state index in [0.29, 0.717) is 13.2 Å². The molecule has 0 aliphatic carbocycles. The van der Waals surface area contributed by atoms with Crippen LogP contribution >= 0.6 is 0 Å². The van der Waals surface area contributed by atoms with Gasteiger partial charge in [-0.2, -0.15) is 9.78 Å². The minimum absolute atomic E-state index is 0.202. The van der Waals surface area contributed by atoms with Crippen molar-refractivity contribution in [2.45, 2.75) is 39.5 Å². The van der Waals surface area contributed by atoms with Crippen molar-refractivity contribution in [1.29, 1.82) is 0 Å². The molecule has 0 fully saturated rings. The van der Waals surface area contributed by atoms with E-state index in [1.54, 1.807) is 24.3 Å². The molecule has 0 saturated carbocycles. The first-order valence-electron chi connectivity index (χ1n) is 7.18. The Hall–Kier alpha value is -1.63. The summed E-state index contributed by atoms with van der Waals surface area (Å²) in [6, 6.07) is 6.58. The summed E-state index contributed by atoms with van der Waals surface area (Å²) >= 11 is 0. The van der Waals surface area contributed by atoms with Gasteiger partial charge < -0.3 is 4.89 Å². The van der Waals surface area contributed by atoms with E-state index < -0.39 is 5.97 Å². The van der Waals surface area contributed by atoms with Gasteiger partial charge in [0.05, 0.1) is 13.2 Å². The fraction of sp³-hybridized carbons (Fsp3) is 0.533. The zero-order chi connectivity index (χ0) is 15.3. The molecule has 0 bridgehead atoms. The first kappa shape index (κ1) is 17.4. The van der Waals surface area contributed by atoms with Crippen molar-refractivity contribution in [3.8, 4) is 5.75 Å². The molecule has 0 saturated heterocycles. The van der Waals surface area contributed by atoms with Crippen LogP contribution in [0.25, 0.3) is 0 Å². The van der Waals surface area contributed by atoms with E-state index in [1.165, 1.54) is 0 Å². The molecule has 0 aromatic heterocycles. The molecule has 0 amide bonds. The van der Waals surface area contributed by atoms with Crippen LogP contribution in [0.5, 0.6) is 5.75 Å². The molecular formula is C15H22O6. The van der Waals surface area contributed by atoms with Crippen LogP contribution in [0, 0.1) is 0 Å². The van der Waals surface area contributed by atoms with Crippen molar-refractivity contribution in [2.75, 3.05) is 13.2 Å². The topological polar surface area (TPSA) is 63.2 Å². The van der Waals surface area contributed by atoms with Crippen LogP contribution < -0.4 is 4.89 Å². The summed E-state index contributed by atoms with van der Waals surface area (Å²) in [5, 5.41) is 4.40. The average Bonchev–Trinajstić information content (AvgIpc) is 2.51. The van der Waals surface area contributed by atoms with E-state index in [-0.39, 0.29) is 11.3 Å². The van der Waals surface area contributed by atoms with Crippen LogP contribution in [0.4, 0.5) is 0 Å². The maximum Gasteiger partial charge on any atom is 0.380 e. The van der Waals surface area contributed by atoms with E-state index in [0.717, 1.165) is 25.7 Å². The lowest BCUT2D eigenvalue weighted by Crippen LogP contribution is -2.10. The Kier molecular flexibility index (Phi) is 9.19. The first-order chi connectivity index (χ1) is 10.3. The number of para-hydroxylation sites is 1. The van der Waals surface area contributed by atoms with E-state index in [4.69, 9.17) is 14.7 Å². The van der Waals surface area contributed by atoms with Crippen molar-refractivity contribution in [1.82, 2.24) is 0 Å². The lowest BCUT2D eigenvalue weighted by atomic mass is 10.2. The zero-order valence-corrected chi connectivity index (χ0v) is 12.5. The molecule has 0 spiro atoms. The normalized spacial score (nSPS) is 10.4. The molecule has 0 N–H and O–H groups in total. The summed E-state index contributed by atoms with van der Waals surface area (Å²) < 4.78 is 0. The standard InChI is InChI=1S/C15H22O6/c1-3-5-11-17-19-14-10-8-7-9-13(14)15(16)20-21-18-12-6-4-2/h7-10H,3-6,11-12H2,1-2H3. The Labute approximate surface area is 124 Å². The highest BCUT2D eigenvalue weighted by molar-refractivity contribution is 5.92. The van der Waals surface area contributed by atoms with Gasteiger partial charge in [0.25, 0.3) is 0 Å². The predicted octanol–water partition coefficient (Wildman–Crippen LogP) is 3.62. The highest BCUT2D eigenvalue weighted by atomic mass is 17.5. The van der Waals surface area contributed by atoms with Crippen LogP contribution in [0.1, 0.15) is 49.9 Å². The maximum atomic E-state index is 11.8. The SMILES string of the molecule is CCCCOOOC(=O)c1ccccc1OOCCCC. The second kappa shape index (κ2) is 11.1. The van der Waals surface area contributed by atoms with E-state index in [9.17, 15) is 4.79 Å². The molecule has 1 aromatic carbocycles. The number of unbranched alkanes of at least 4 members (excludes halogenated alkanes) is 2. The maximum absolute atomic E-state index is 11.8. The Morgan fingerprint density at radius 2 is 1.67 bits per heavy atom. The van der Waals surface area contributed by atoms with Crippen molar-refractivity contribution >= 4 is 5.97 Å². The molecule has 0 aliphatic rings. The summed E-state index contributed by atoms with van der Waals surface area (Å²) in [4.78, 5) is 31.2. The molecule has 0 radical (unpaired) electrons. The monoisotopic (exact) mass is 298 g/mol. The third-order valence-electron chi connectivity index (χ3n) is 2.58. The second-order valence-electron chi connectivity index (χ2n) is 4.37. The van der Waals surface area contributed by atoms with Crippen LogP contribution in [0.2, 0.25) is 0 Å². The van der Waals surface area contributed by atoms with E-state index in [1.807, 2.05) is 13.8 Å². The Morgan fingerprint density at radius 1 is 1.00 bits per heavy atom. The summed E-state index contributed by atoms with van der Waals surface area (Å²) in [6.07, 6.45) is 3.66. The van der Waals surface area contributed by atoms with Crippen molar-refractivity contribution in [3.05, 3.63) is 29.8 Å². The molecule has 118 valence electrons. The van der Waals surface area contributed by atoms with Gasteiger partial charge in [0.1, 0.15) is 5.56 Å². The second-order valence-corrected chi connectivity index (χ2v) is 4.37. The molecule has 0 heterocycles. The Balaban J connectivity index is 2.43. The summed E-state index contributed by atoms with van der Waals surface area (Å²) in [6.45, 7) is 4.88. The third-order valence-corrected chi connectivity index (χ3v) is 2.58. The highest BCUT2D eigenvalue weighted by Gasteiger charge is 2.16. The molecule has 0 aliphatic heterocycles. The molecule has 0 unspecified atom stereocenters. The number of hydrogen-bond acceptors (Lipinski definition) is 6. The highest BCUT2D eigenvalue weighted by Crippen LogP contribution is 2.19. The molecule has 6 nitrogen and oxygen atoms in total. The van der Waals surface area contributed by atoms with Crippen LogP contribution in [0.3, 0.4) is 0 Å². The minimum Gasteiger partial charge on any atom is -0.337 e.